The summed E-state index contributed by atoms with van der Waals surface area (Å²) in [5.41, 5.74) is 0. The molecule has 13 nitrogen and oxygen atoms in total. The molecule has 0 saturated carbocycles. The Bertz CT molecular complexity index is 398. The van der Waals surface area contributed by atoms with Gasteiger partial charge in [-0.2, -0.15) is 0 Å². The molecular weight excluding hydrogens is 448 g/mol. The van der Waals surface area contributed by atoms with Crippen molar-refractivity contribution in [2.24, 2.45) is 0 Å². The summed E-state index contributed by atoms with van der Waals surface area (Å²) < 4.78 is 0. The van der Waals surface area contributed by atoms with Crippen LogP contribution < -0.4 is 0 Å². The van der Waals surface area contributed by atoms with Crippen molar-refractivity contribution in [1.82, 2.24) is 0 Å². The molecule has 0 amide bonds. The Labute approximate surface area is 193 Å². The second-order valence-corrected chi connectivity index (χ2v) is 7.45. The summed E-state index contributed by atoms with van der Waals surface area (Å²) in [4.78, 5) is 28.3. The second-order valence-electron chi connectivity index (χ2n) is 7.45. The van der Waals surface area contributed by atoms with Gasteiger partial charge in [0.05, 0.1) is 6.61 Å². The summed E-state index contributed by atoms with van der Waals surface area (Å²) in [7, 11) is 0. The maximum Gasteiger partial charge on any atom is 0.540 e. The Kier molecular flexibility index (Phi) is 25.4. The SMILES string of the molecule is O=C(O)CCCCCCCCCCCCCCCCCCOOOOOOOOOC(=O)O. The highest BCUT2D eigenvalue weighted by molar-refractivity contribution is 5.66. The minimum Gasteiger partial charge on any atom is -0.481 e. The molecular formula is C20H38O13. The molecule has 0 aliphatic rings. The minimum atomic E-state index is -1.76. The van der Waals surface area contributed by atoms with E-state index >= 15 is 0 Å². The highest BCUT2D eigenvalue weighted by Gasteiger charge is 2.01. The molecule has 0 saturated heterocycles. The number of carboxylic acid groups (broad SMARTS) is 2. The molecule has 0 spiro atoms. The summed E-state index contributed by atoms with van der Waals surface area (Å²) in [6.45, 7) is 0.304. The third-order valence-electron chi connectivity index (χ3n) is 4.69. The first-order chi connectivity index (χ1) is 16.1. The van der Waals surface area contributed by atoms with Gasteiger partial charge >= 0.3 is 12.1 Å². The van der Waals surface area contributed by atoms with E-state index < -0.39 is 12.1 Å². The van der Waals surface area contributed by atoms with E-state index in [0.29, 0.717) is 13.0 Å². The molecule has 0 aromatic carbocycles. The molecule has 0 atom stereocenters. The van der Waals surface area contributed by atoms with Gasteiger partial charge in [-0.3, -0.25) is 4.79 Å². The maximum atomic E-state index is 10.4. The van der Waals surface area contributed by atoms with Gasteiger partial charge in [0.1, 0.15) is 0 Å². The first kappa shape index (κ1) is 31.4. The topological polar surface area (TPSA) is 158 Å². The van der Waals surface area contributed by atoms with Crippen molar-refractivity contribution in [3.05, 3.63) is 0 Å². The van der Waals surface area contributed by atoms with Gasteiger partial charge in [0.2, 0.25) is 0 Å². The lowest BCUT2D eigenvalue weighted by Gasteiger charge is -2.04. The lowest BCUT2D eigenvalue weighted by atomic mass is 10.0. The highest BCUT2D eigenvalue weighted by atomic mass is 17.9. The molecule has 0 heterocycles. The molecule has 13 heteroatoms. The van der Waals surface area contributed by atoms with Crippen LogP contribution in [0, 0.1) is 0 Å². The molecule has 0 aliphatic heterocycles. The second kappa shape index (κ2) is 26.7. The van der Waals surface area contributed by atoms with Crippen LogP contribution in [-0.2, 0) is 49.8 Å². The van der Waals surface area contributed by atoms with Gasteiger partial charge < -0.3 is 10.2 Å². The molecule has 196 valence electrons. The van der Waals surface area contributed by atoms with Crippen molar-refractivity contribution in [2.45, 2.75) is 109 Å². The van der Waals surface area contributed by atoms with Crippen LogP contribution in [0.1, 0.15) is 109 Å². The summed E-state index contributed by atoms with van der Waals surface area (Å²) in [6, 6.07) is 0. The van der Waals surface area contributed by atoms with Crippen molar-refractivity contribution < 1.29 is 64.8 Å². The zero-order valence-corrected chi connectivity index (χ0v) is 19.1. The molecule has 0 bridgehead atoms. The van der Waals surface area contributed by atoms with Crippen LogP contribution in [0.15, 0.2) is 0 Å². The standard InChI is InChI=1S/C20H38O13/c21-19(22)17-15-13-11-9-7-5-3-1-2-4-6-8-10-12-14-16-18-25-27-29-31-33-32-30-28-26-20(23)24/h1-18H2,(H,21,22)(H,23,24). The van der Waals surface area contributed by atoms with E-state index in [2.05, 4.69) is 45.0 Å². The first-order valence-corrected chi connectivity index (χ1v) is 11.5. The number of hydrogen-bond donors (Lipinski definition) is 2. The Balaban J connectivity index is 3.02. The molecule has 0 unspecified atom stereocenters. The van der Waals surface area contributed by atoms with Crippen molar-refractivity contribution in [2.75, 3.05) is 6.61 Å². The van der Waals surface area contributed by atoms with E-state index in [-0.39, 0.29) is 0 Å². The number of hydrogen-bond acceptors (Lipinski definition) is 11. The van der Waals surface area contributed by atoms with Crippen LogP contribution in [-0.4, -0.2) is 28.9 Å². The minimum absolute atomic E-state index is 0.300. The molecule has 0 rings (SSSR count). The van der Waals surface area contributed by atoms with E-state index in [4.69, 9.17) is 10.2 Å². The van der Waals surface area contributed by atoms with Crippen LogP contribution >= 0.6 is 0 Å². The summed E-state index contributed by atoms with van der Waals surface area (Å²) in [6.07, 6.45) is 17.1. The smallest absolute Gasteiger partial charge is 0.481 e. The largest absolute Gasteiger partial charge is 0.540 e. The molecule has 0 radical (unpaired) electrons. The van der Waals surface area contributed by atoms with E-state index in [1.165, 1.54) is 64.2 Å². The highest BCUT2D eigenvalue weighted by Crippen LogP contribution is 2.14. The third kappa shape index (κ3) is 30.4. The fraction of sp³-hybridized carbons (Fsp3) is 0.900. The van der Waals surface area contributed by atoms with Crippen molar-refractivity contribution in [1.29, 1.82) is 0 Å². The fourth-order valence-electron chi connectivity index (χ4n) is 3.07. The zero-order chi connectivity index (χ0) is 24.2. The van der Waals surface area contributed by atoms with Crippen LogP contribution in [0.4, 0.5) is 4.79 Å². The van der Waals surface area contributed by atoms with Gasteiger partial charge in [0.15, 0.2) is 0 Å². The third-order valence-corrected chi connectivity index (χ3v) is 4.69. The molecule has 0 aliphatic carbocycles. The first-order valence-electron chi connectivity index (χ1n) is 11.5. The van der Waals surface area contributed by atoms with Gasteiger partial charge in [-0.1, -0.05) is 89.9 Å². The van der Waals surface area contributed by atoms with E-state index in [1.807, 2.05) is 0 Å². The molecule has 33 heavy (non-hydrogen) atoms. The number of aliphatic carboxylic acids is 1. The molecule has 0 aromatic rings. The number of unbranched alkanes of at least 4 members (excludes halogenated alkanes) is 15. The molecule has 2 N–H and O–H groups in total. The summed E-state index contributed by atoms with van der Waals surface area (Å²) in [5.74, 6) is -0.691. The lowest BCUT2D eigenvalue weighted by molar-refractivity contribution is -0.828. The van der Waals surface area contributed by atoms with Gasteiger partial charge in [0, 0.05) is 26.6 Å². The van der Waals surface area contributed by atoms with Crippen molar-refractivity contribution in [3.8, 4) is 0 Å². The van der Waals surface area contributed by atoms with Gasteiger partial charge in [-0.15, -0.1) is 0 Å². The number of carbonyl (C=O) groups is 2. The predicted octanol–water partition coefficient (Wildman–Crippen LogP) is 5.85. The van der Waals surface area contributed by atoms with Gasteiger partial charge in [-0.25, -0.2) is 14.6 Å². The van der Waals surface area contributed by atoms with Crippen LogP contribution in [0.2, 0.25) is 0 Å². The molecule has 0 aromatic heterocycles. The maximum absolute atomic E-state index is 10.4. The Morgan fingerprint density at radius 2 is 0.818 bits per heavy atom. The lowest BCUT2D eigenvalue weighted by Crippen LogP contribution is -2.05. The summed E-state index contributed by atoms with van der Waals surface area (Å²) >= 11 is 0. The zero-order valence-electron chi connectivity index (χ0n) is 19.1. The average Bonchev–Trinajstić information content (AvgIpc) is 2.78. The monoisotopic (exact) mass is 486 g/mol. The van der Waals surface area contributed by atoms with Crippen LogP contribution in [0.25, 0.3) is 0 Å². The van der Waals surface area contributed by atoms with Crippen molar-refractivity contribution in [3.63, 3.8) is 0 Å². The quantitative estimate of drug-likeness (QED) is 0.0809. The number of rotatable bonds is 27. The van der Waals surface area contributed by atoms with Crippen molar-refractivity contribution >= 4 is 12.1 Å². The van der Waals surface area contributed by atoms with E-state index in [0.717, 1.165) is 38.5 Å². The normalized spacial score (nSPS) is 11.0. The summed E-state index contributed by atoms with van der Waals surface area (Å²) in [5, 5.41) is 42.8. The molecule has 0 fully saturated rings. The van der Waals surface area contributed by atoms with E-state index in [1.54, 1.807) is 0 Å². The predicted molar refractivity (Wildman–Crippen MR) is 109 cm³/mol. The Morgan fingerprint density at radius 1 is 0.455 bits per heavy atom. The Hall–Kier alpha value is -1.58. The van der Waals surface area contributed by atoms with E-state index in [9.17, 15) is 9.59 Å². The van der Waals surface area contributed by atoms with Gasteiger partial charge in [0.25, 0.3) is 0 Å². The average molecular weight is 487 g/mol. The Morgan fingerprint density at radius 3 is 1.24 bits per heavy atom. The van der Waals surface area contributed by atoms with Crippen LogP contribution in [0.3, 0.4) is 0 Å². The van der Waals surface area contributed by atoms with Gasteiger partial charge in [-0.05, 0) is 28.0 Å². The number of carboxylic acids is 1. The van der Waals surface area contributed by atoms with Crippen LogP contribution in [0.5, 0.6) is 0 Å². The fourth-order valence-corrected chi connectivity index (χ4v) is 3.07.